The van der Waals surface area contributed by atoms with E-state index in [-0.39, 0.29) is 12.6 Å². The Labute approximate surface area is 225 Å². The molecule has 0 saturated carbocycles. The molecule has 2 aliphatic heterocycles. The first-order valence-corrected chi connectivity index (χ1v) is 15.0. The molecule has 2 fully saturated rings. The van der Waals surface area contributed by atoms with Gasteiger partial charge in [0.15, 0.2) is 5.82 Å². The molecule has 0 aliphatic carbocycles. The number of nitrogens with one attached hydrogen (secondary N) is 1. The van der Waals surface area contributed by atoms with E-state index >= 15 is 0 Å². The van der Waals surface area contributed by atoms with Crippen LogP contribution in [-0.4, -0.2) is 112 Å². The number of sulfonamides is 1. The molecule has 11 nitrogen and oxygen atoms in total. The van der Waals surface area contributed by atoms with E-state index in [1.807, 2.05) is 37.3 Å². The molecule has 1 aromatic carbocycles. The molecule has 0 radical (unpaired) electrons. The molecule has 0 amide bonds. The van der Waals surface area contributed by atoms with Gasteiger partial charge in [0, 0.05) is 70.2 Å². The molecule has 2 aliphatic rings. The lowest BCUT2D eigenvalue weighted by molar-refractivity contribution is 0.0853. The van der Waals surface area contributed by atoms with E-state index in [1.54, 1.807) is 11.4 Å². The van der Waals surface area contributed by atoms with E-state index in [2.05, 4.69) is 22.2 Å². The fraction of sp³-hybridized carbons (Fsp3) is 0.615. The van der Waals surface area contributed by atoms with Crippen molar-refractivity contribution in [3.63, 3.8) is 0 Å². The SMILES string of the molecule is CNCC(O)COc1cccc(-c2nc(N3CCN(S(C)(=O)=O)[C@@H](C)C3)cc(N(C)C3CCOCC3)n2)c1. The maximum Gasteiger partial charge on any atom is 0.211 e. The Balaban J connectivity index is 1.64. The summed E-state index contributed by atoms with van der Waals surface area (Å²) in [5.74, 6) is 2.77. The van der Waals surface area contributed by atoms with Crippen molar-refractivity contribution in [1.82, 2.24) is 19.6 Å². The molecule has 210 valence electrons. The zero-order chi connectivity index (χ0) is 27.3. The zero-order valence-corrected chi connectivity index (χ0v) is 23.5. The maximum absolute atomic E-state index is 12.2. The van der Waals surface area contributed by atoms with Crippen LogP contribution >= 0.6 is 0 Å². The van der Waals surface area contributed by atoms with Crippen molar-refractivity contribution < 1.29 is 23.0 Å². The van der Waals surface area contributed by atoms with E-state index in [0.717, 1.165) is 43.3 Å². The van der Waals surface area contributed by atoms with Gasteiger partial charge in [-0.3, -0.25) is 0 Å². The Morgan fingerprint density at radius 1 is 1.24 bits per heavy atom. The quantitative estimate of drug-likeness (QED) is 0.448. The molecular weight excluding hydrogens is 508 g/mol. The van der Waals surface area contributed by atoms with Gasteiger partial charge in [-0.1, -0.05) is 12.1 Å². The third-order valence-corrected chi connectivity index (χ3v) is 8.48. The summed E-state index contributed by atoms with van der Waals surface area (Å²) in [5, 5.41) is 12.9. The predicted octanol–water partition coefficient (Wildman–Crippen LogP) is 1.19. The normalized spacial score (nSPS) is 20.3. The molecule has 2 aromatic rings. The van der Waals surface area contributed by atoms with E-state index in [1.165, 1.54) is 6.26 Å². The fourth-order valence-electron chi connectivity index (χ4n) is 5.01. The number of aliphatic hydroxyl groups is 1. The average Bonchev–Trinajstić information content (AvgIpc) is 2.91. The zero-order valence-electron chi connectivity index (χ0n) is 22.7. The summed E-state index contributed by atoms with van der Waals surface area (Å²) in [5.41, 5.74) is 0.803. The highest BCUT2D eigenvalue weighted by molar-refractivity contribution is 7.88. The predicted molar refractivity (Wildman–Crippen MR) is 148 cm³/mol. The molecule has 3 heterocycles. The minimum atomic E-state index is -3.27. The average molecular weight is 549 g/mol. The van der Waals surface area contributed by atoms with Crippen molar-refractivity contribution in [2.75, 3.05) is 76.2 Å². The third kappa shape index (κ3) is 7.11. The Kier molecular flexibility index (Phi) is 9.42. The number of hydrogen-bond donors (Lipinski definition) is 2. The van der Waals surface area contributed by atoms with Crippen molar-refractivity contribution in [1.29, 1.82) is 0 Å². The summed E-state index contributed by atoms with van der Waals surface area (Å²) in [4.78, 5) is 14.2. The molecule has 1 unspecified atom stereocenters. The number of nitrogens with zero attached hydrogens (tertiary/aromatic N) is 5. The van der Waals surface area contributed by atoms with Crippen LogP contribution in [0.2, 0.25) is 0 Å². The molecule has 38 heavy (non-hydrogen) atoms. The number of ether oxygens (including phenoxy) is 2. The fourth-order valence-corrected chi connectivity index (χ4v) is 6.14. The van der Waals surface area contributed by atoms with Crippen LogP contribution in [0.5, 0.6) is 5.75 Å². The summed E-state index contributed by atoms with van der Waals surface area (Å²) in [6.45, 7) is 5.48. The van der Waals surface area contributed by atoms with Crippen LogP contribution in [0.4, 0.5) is 11.6 Å². The standard InChI is InChI=1S/C26H40N6O5S/c1-19-17-31(10-11-32(19)38(4,34)35)25-15-24(30(3)21-8-12-36-13-9-21)28-26(29-25)20-6-5-7-23(14-20)37-18-22(33)16-27-2/h5-7,14-15,19,21-22,27,33H,8-13,16-18H2,1-4H3/t19-,22?/m0/s1. The van der Waals surface area contributed by atoms with Gasteiger partial charge in [-0.15, -0.1) is 0 Å². The van der Waals surface area contributed by atoms with Crippen LogP contribution in [0.1, 0.15) is 19.8 Å². The molecule has 1 aromatic heterocycles. The Morgan fingerprint density at radius 3 is 2.68 bits per heavy atom. The van der Waals surface area contributed by atoms with Crippen molar-refractivity contribution >= 4 is 21.7 Å². The first-order valence-electron chi connectivity index (χ1n) is 13.1. The van der Waals surface area contributed by atoms with Crippen LogP contribution < -0.4 is 19.9 Å². The van der Waals surface area contributed by atoms with Crippen LogP contribution in [0.3, 0.4) is 0 Å². The second-order valence-electron chi connectivity index (χ2n) is 10.1. The van der Waals surface area contributed by atoms with E-state index in [0.29, 0.717) is 43.8 Å². The van der Waals surface area contributed by atoms with Gasteiger partial charge in [-0.25, -0.2) is 18.4 Å². The first-order chi connectivity index (χ1) is 18.2. The van der Waals surface area contributed by atoms with Crippen LogP contribution in [-0.2, 0) is 14.8 Å². The van der Waals surface area contributed by atoms with Crippen molar-refractivity contribution in [2.24, 2.45) is 0 Å². The van der Waals surface area contributed by atoms with Crippen molar-refractivity contribution in [3.05, 3.63) is 30.3 Å². The van der Waals surface area contributed by atoms with Gasteiger partial charge < -0.3 is 29.7 Å². The largest absolute Gasteiger partial charge is 0.491 e. The molecule has 0 bridgehead atoms. The second-order valence-corrected chi connectivity index (χ2v) is 12.0. The van der Waals surface area contributed by atoms with Gasteiger partial charge >= 0.3 is 0 Å². The Bertz CT molecular complexity index is 1180. The van der Waals surface area contributed by atoms with Gasteiger partial charge in [0.05, 0.1) is 6.26 Å². The van der Waals surface area contributed by atoms with Gasteiger partial charge in [0.2, 0.25) is 10.0 Å². The molecule has 12 heteroatoms. The lowest BCUT2D eigenvalue weighted by Crippen LogP contribution is -2.54. The summed E-state index contributed by atoms with van der Waals surface area (Å²) in [6, 6.07) is 9.70. The number of aliphatic hydroxyl groups excluding tert-OH is 1. The number of anilines is 2. The number of benzene rings is 1. The smallest absolute Gasteiger partial charge is 0.211 e. The maximum atomic E-state index is 12.2. The summed E-state index contributed by atoms with van der Waals surface area (Å²) in [6.07, 6.45) is 2.49. The van der Waals surface area contributed by atoms with Crippen LogP contribution in [0, 0.1) is 0 Å². The minimum Gasteiger partial charge on any atom is -0.491 e. The summed E-state index contributed by atoms with van der Waals surface area (Å²) in [7, 11) is 0.567. The lowest BCUT2D eigenvalue weighted by atomic mass is 10.1. The molecular formula is C26H40N6O5S. The summed E-state index contributed by atoms with van der Waals surface area (Å²) >= 11 is 0. The van der Waals surface area contributed by atoms with Gasteiger partial charge in [-0.05, 0) is 38.9 Å². The van der Waals surface area contributed by atoms with Gasteiger partial charge in [0.1, 0.15) is 30.1 Å². The van der Waals surface area contributed by atoms with Crippen molar-refractivity contribution in [2.45, 2.75) is 38.0 Å². The highest BCUT2D eigenvalue weighted by Crippen LogP contribution is 2.30. The number of hydrogen-bond acceptors (Lipinski definition) is 10. The number of aromatic nitrogens is 2. The Hall–Kier alpha value is -2.51. The number of rotatable bonds is 10. The van der Waals surface area contributed by atoms with Gasteiger partial charge in [0.25, 0.3) is 0 Å². The van der Waals surface area contributed by atoms with Crippen LogP contribution in [0.15, 0.2) is 30.3 Å². The van der Waals surface area contributed by atoms with Gasteiger partial charge in [-0.2, -0.15) is 4.31 Å². The molecule has 2 saturated heterocycles. The highest BCUT2D eigenvalue weighted by atomic mass is 32.2. The second kappa shape index (κ2) is 12.6. The van der Waals surface area contributed by atoms with E-state index in [9.17, 15) is 13.5 Å². The monoisotopic (exact) mass is 548 g/mol. The highest BCUT2D eigenvalue weighted by Gasteiger charge is 2.31. The third-order valence-electron chi connectivity index (χ3n) is 7.09. The Morgan fingerprint density at radius 2 is 2.00 bits per heavy atom. The summed E-state index contributed by atoms with van der Waals surface area (Å²) < 4.78 is 37.3. The minimum absolute atomic E-state index is 0.172. The molecule has 4 rings (SSSR count). The molecule has 2 N–H and O–H groups in total. The first kappa shape index (κ1) is 28.5. The van der Waals surface area contributed by atoms with E-state index in [4.69, 9.17) is 19.4 Å². The topological polar surface area (TPSA) is 120 Å². The van der Waals surface area contributed by atoms with Crippen molar-refractivity contribution in [3.8, 4) is 17.1 Å². The number of piperazine rings is 1. The van der Waals surface area contributed by atoms with E-state index < -0.39 is 16.1 Å². The number of likely N-dealkylation sites (N-methyl/N-ethyl adjacent to an activating group) is 1. The molecule has 2 atom stereocenters. The molecule has 0 spiro atoms. The van der Waals surface area contributed by atoms with Crippen LogP contribution in [0.25, 0.3) is 11.4 Å². The lowest BCUT2D eigenvalue weighted by Gasteiger charge is -2.39.